The highest BCUT2D eigenvalue weighted by molar-refractivity contribution is 6.04. The summed E-state index contributed by atoms with van der Waals surface area (Å²) in [5.74, 6) is -1.26. The third-order valence-electron chi connectivity index (χ3n) is 5.93. The van der Waals surface area contributed by atoms with Crippen molar-refractivity contribution >= 4 is 11.8 Å². The number of hydrogen-bond acceptors (Lipinski definition) is 5. The Morgan fingerprint density at radius 2 is 1.75 bits per heavy atom. The van der Waals surface area contributed by atoms with Crippen molar-refractivity contribution in [2.45, 2.75) is 60.2 Å². The van der Waals surface area contributed by atoms with E-state index in [1.165, 1.54) is 25.3 Å². The second-order valence-electron chi connectivity index (χ2n) is 9.26. The van der Waals surface area contributed by atoms with Crippen LogP contribution < -0.4 is 4.74 Å². The summed E-state index contributed by atoms with van der Waals surface area (Å²) in [5.41, 5.74) is 1.82. The smallest absolute Gasteiger partial charge is 0.338 e. The molecule has 2 unspecified atom stereocenters. The number of carbonyl (C=O) groups is 2. The number of rotatable bonds is 6. The lowest BCUT2D eigenvalue weighted by Gasteiger charge is -2.42. The largest absolute Gasteiger partial charge is 0.494 e. The normalized spacial score (nSPS) is 21.9. The summed E-state index contributed by atoms with van der Waals surface area (Å²) in [6.07, 6.45) is 2.71. The lowest BCUT2D eigenvalue weighted by Crippen LogP contribution is -2.40. The first-order valence-corrected chi connectivity index (χ1v) is 10.5. The quantitative estimate of drug-likeness (QED) is 0.325. The Labute approximate surface area is 189 Å². The Morgan fingerprint density at radius 1 is 1.12 bits per heavy atom. The van der Waals surface area contributed by atoms with E-state index in [2.05, 4.69) is 0 Å². The minimum atomic E-state index is -0.685. The molecule has 1 aromatic carbocycles. The minimum absolute atomic E-state index is 0.0778. The van der Waals surface area contributed by atoms with E-state index in [0.717, 1.165) is 22.8 Å². The molecule has 0 amide bonds. The van der Waals surface area contributed by atoms with Crippen molar-refractivity contribution in [3.63, 3.8) is 0 Å². The number of ketones is 1. The second kappa shape index (κ2) is 9.41. The van der Waals surface area contributed by atoms with Crippen molar-refractivity contribution in [1.29, 1.82) is 0 Å². The van der Waals surface area contributed by atoms with E-state index in [1.807, 2.05) is 48.5 Å². The summed E-state index contributed by atoms with van der Waals surface area (Å²) in [7, 11) is 2.94. The molecule has 32 heavy (non-hydrogen) atoms. The van der Waals surface area contributed by atoms with Gasteiger partial charge in [0.25, 0.3) is 0 Å². The van der Waals surface area contributed by atoms with Crippen LogP contribution in [0.2, 0.25) is 0 Å². The van der Waals surface area contributed by atoms with Gasteiger partial charge in [0.15, 0.2) is 17.3 Å². The molecule has 0 fully saturated rings. The molecule has 0 spiro atoms. The van der Waals surface area contributed by atoms with Crippen molar-refractivity contribution in [3.8, 4) is 5.75 Å². The number of benzene rings is 1. The van der Waals surface area contributed by atoms with Crippen LogP contribution in [0.4, 0.5) is 4.39 Å². The molecule has 2 rings (SSSR count). The number of carbonyl (C=O) groups excluding carboxylic acids is 2. The molecule has 1 aliphatic rings. The standard InChI is InChI=1S/C26H33FO5/c1-15-17(3)26(7,13-12-20(28)18-10-11-21(30-8)19(27)14-18)23(31-9)16(2)22(15)24(29)32-25(4,5)6/h10-14,23H,1-9H3. The van der Waals surface area contributed by atoms with Gasteiger partial charge in [-0.05, 0) is 83.9 Å². The maximum Gasteiger partial charge on any atom is 0.338 e. The first-order chi connectivity index (χ1) is 14.8. The van der Waals surface area contributed by atoms with Crippen molar-refractivity contribution in [2.24, 2.45) is 5.41 Å². The first-order valence-electron chi connectivity index (χ1n) is 10.5. The van der Waals surface area contributed by atoms with Gasteiger partial charge < -0.3 is 14.2 Å². The molecule has 0 radical (unpaired) electrons. The molecule has 0 aliphatic heterocycles. The van der Waals surface area contributed by atoms with E-state index < -0.39 is 28.9 Å². The topological polar surface area (TPSA) is 61.8 Å². The lowest BCUT2D eigenvalue weighted by molar-refractivity contribution is -0.149. The summed E-state index contributed by atoms with van der Waals surface area (Å²) in [4.78, 5) is 25.6. The Morgan fingerprint density at radius 3 is 2.25 bits per heavy atom. The highest BCUT2D eigenvalue weighted by Crippen LogP contribution is 2.46. The van der Waals surface area contributed by atoms with E-state index in [9.17, 15) is 14.0 Å². The van der Waals surface area contributed by atoms with Gasteiger partial charge in [0.1, 0.15) is 5.60 Å². The molecular weight excluding hydrogens is 411 g/mol. The van der Waals surface area contributed by atoms with Gasteiger partial charge in [0, 0.05) is 18.1 Å². The van der Waals surface area contributed by atoms with Gasteiger partial charge in [-0.2, -0.15) is 0 Å². The predicted molar refractivity (Wildman–Crippen MR) is 122 cm³/mol. The molecule has 0 saturated heterocycles. The minimum Gasteiger partial charge on any atom is -0.494 e. The Hall–Kier alpha value is -2.73. The fourth-order valence-corrected chi connectivity index (χ4v) is 4.11. The van der Waals surface area contributed by atoms with Crippen molar-refractivity contribution in [1.82, 2.24) is 0 Å². The van der Waals surface area contributed by atoms with E-state index in [1.54, 1.807) is 13.2 Å². The van der Waals surface area contributed by atoms with Crippen LogP contribution in [0.3, 0.4) is 0 Å². The summed E-state index contributed by atoms with van der Waals surface area (Å²) in [5, 5.41) is 0. The first kappa shape index (κ1) is 25.5. The van der Waals surface area contributed by atoms with E-state index >= 15 is 0 Å². The van der Waals surface area contributed by atoms with Gasteiger partial charge in [0.2, 0.25) is 0 Å². The van der Waals surface area contributed by atoms with Crippen LogP contribution in [0.25, 0.3) is 0 Å². The third-order valence-corrected chi connectivity index (χ3v) is 5.93. The number of ether oxygens (including phenoxy) is 3. The maximum atomic E-state index is 14.0. The van der Waals surface area contributed by atoms with Gasteiger partial charge in [-0.25, -0.2) is 9.18 Å². The molecule has 5 nitrogen and oxygen atoms in total. The van der Waals surface area contributed by atoms with Crippen LogP contribution in [-0.2, 0) is 14.3 Å². The van der Waals surface area contributed by atoms with Gasteiger partial charge in [-0.1, -0.05) is 11.6 Å². The molecule has 1 aromatic rings. The number of allylic oxidation sites excluding steroid dienone is 1. The Bertz CT molecular complexity index is 1010. The van der Waals surface area contributed by atoms with Crippen LogP contribution in [-0.4, -0.2) is 37.7 Å². The van der Waals surface area contributed by atoms with Crippen LogP contribution >= 0.6 is 0 Å². The van der Waals surface area contributed by atoms with Crippen LogP contribution in [0.5, 0.6) is 5.75 Å². The Kier molecular flexibility index (Phi) is 7.51. The fourth-order valence-electron chi connectivity index (χ4n) is 4.11. The van der Waals surface area contributed by atoms with Gasteiger partial charge in [-0.3, -0.25) is 4.79 Å². The number of halogens is 1. The Balaban J connectivity index is 2.44. The van der Waals surface area contributed by atoms with Crippen molar-refractivity contribution < 1.29 is 28.2 Å². The molecule has 174 valence electrons. The lowest BCUT2D eigenvalue weighted by atomic mass is 9.67. The monoisotopic (exact) mass is 444 g/mol. The van der Waals surface area contributed by atoms with Crippen LogP contribution in [0.15, 0.2) is 52.6 Å². The molecule has 0 heterocycles. The molecule has 6 heteroatoms. The molecule has 0 N–H and O–H groups in total. The zero-order valence-corrected chi connectivity index (χ0v) is 20.4. The highest BCUT2D eigenvalue weighted by atomic mass is 19.1. The predicted octanol–water partition coefficient (Wildman–Crippen LogP) is 5.60. The molecular formula is C26H33FO5. The SMILES string of the molecule is COc1ccc(C(=O)C=CC2(C)C(C)=C(C)C(C(=O)OC(C)(C)C)=C(C)C2OC)cc1F. The second-order valence-corrected chi connectivity index (χ2v) is 9.26. The molecule has 0 bridgehead atoms. The van der Waals surface area contributed by atoms with E-state index in [-0.39, 0.29) is 17.1 Å². The number of methoxy groups -OCH3 is 2. The van der Waals surface area contributed by atoms with Gasteiger partial charge in [-0.15, -0.1) is 0 Å². The van der Waals surface area contributed by atoms with E-state index in [0.29, 0.717) is 5.57 Å². The zero-order valence-electron chi connectivity index (χ0n) is 20.4. The number of hydrogen-bond donors (Lipinski definition) is 0. The van der Waals surface area contributed by atoms with E-state index in [4.69, 9.17) is 14.2 Å². The average Bonchev–Trinajstić information content (AvgIpc) is 2.69. The van der Waals surface area contributed by atoms with Crippen molar-refractivity contribution in [2.75, 3.05) is 14.2 Å². The van der Waals surface area contributed by atoms with Crippen molar-refractivity contribution in [3.05, 3.63) is 64.0 Å². The average molecular weight is 445 g/mol. The van der Waals surface area contributed by atoms with Crippen LogP contribution in [0, 0.1) is 11.2 Å². The fraction of sp³-hybridized carbons (Fsp3) is 0.462. The summed E-state index contributed by atoms with van der Waals surface area (Å²) < 4.78 is 30.3. The van der Waals surface area contributed by atoms with Crippen LogP contribution in [0.1, 0.15) is 58.8 Å². The molecule has 2 atom stereocenters. The van der Waals surface area contributed by atoms with Gasteiger partial charge >= 0.3 is 5.97 Å². The third kappa shape index (κ3) is 5.01. The molecule has 0 saturated carbocycles. The summed E-state index contributed by atoms with van der Waals surface area (Å²) in [6.45, 7) is 13.1. The summed E-state index contributed by atoms with van der Waals surface area (Å²) >= 11 is 0. The summed E-state index contributed by atoms with van der Waals surface area (Å²) in [6, 6.07) is 4.10. The zero-order chi connectivity index (χ0) is 24.4. The highest BCUT2D eigenvalue weighted by Gasteiger charge is 2.43. The van der Waals surface area contributed by atoms with Gasteiger partial charge in [0.05, 0.1) is 18.8 Å². The molecule has 0 aromatic heterocycles. The number of esters is 1. The molecule has 1 aliphatic carbocycles. The maximum absolute atomic E-state index is 14.0.